The number of nitrogens with zero attached hydrogens (tertiary/aromatic N) is 1. The molecule has 0 saturated carbocycles. The summed E-state index contributed by atoms with van der Waals surface area (Å²) >= 11 is 0. The van der Waals surface area contributed by atoms with Crippen LogP contribution in [0.4, 0.5) is 8.78 Å². The van der Waals surface area contributed by atoms with E-state index in [4.69, 9.17) is 5.73 Å². The molecular formula is C13H14ClF2N3O. The van der Waals surface area contributed by atoms with E-state index in [1.165, 1.54) is 12.4 Å². The molecule has 0 bridgehead atoms. The molecule has 0 unspecified atom stereocenters. The van der Waals surface area contributed by atoms with Gasteiger partial charge in [-0.1, -0.05) is 6.07 Å². The summed E-state index contributed by atoms with van der Waals surface area (Å²) in [5.74, 6) is -1.71. The normalized spacial score (nSPS) is 11.8. The van der Waals surface area contributed by atoms with Gasteiger partial charge in [-0.3, -0.25) is 4.79 Å². The van der Waals surface area contributed by atoms with E-state index >= 15 is 0 Å². The molecule has 1 heterocycles. The Hall–Kier alpha value is -1.79. The lowest BCUT2D eigenvalue weighted by Gasteiger charge is -2.09. The zero-order valence-electron chi connectivity index (χ0n) is 10.5. The van der Waals surface area contributed by atoms with Gasteiger partial charge >= 0.3 is 0 Å². The number of carbonyl (C=O) groups is 1. The summed E-state index contributed by atoms with van der Waals surface area (Å²) in [4.78, 5) is 18.5. The third-order valence-electron chi connectivity index (χ3n) is 2.79. The highest BCUT2D eigenvalue weighted by atomic mass is 35.5. The number of halogens is 3. The van der Waals surface area contributed by atoms with Crippen molar-refractivity contribution in [3.05, 3.63) is 53.6 Å². The largest absolute Gasteiger partial charge is 0.348 e. The Morgan fingerprint density at radius 3 is 2.75 bits per heavy atom. The molecule has 4 nitrogen and oxygen atoms in total. The Bertz CT molecular complexity index is 575. The predicted octanol–water partition coefficient (Wildman–Crippen LogP) is 1.79. The van der Waals surface area contributed by atoms with E-state index in [9.17, 15) is 13.6 Å². The van der Waals surface area contributed by atoms with Crippen molar-refractivity contribution in [1.29, 1.82) is 0 Å². The third kappa shape index (κ3) is 4.11. The average molecular weight is 302 g/mol. The predicted molar refractivity (Wildman–Crippen MR) is 72.6 cm³/mol. The minimum absolute atomic E-state index is 0. The van der Waals surface area contributed by atoms with E-state index in [2.05, 4.69) is 9.97 Å². The number of nitrogens with one attached hydrogen (secondary N) is 1. The molecule has 3 N–H and O–H groups in total. The number of H-pyrrole nitrogens is 1. The second kappa shape index (κ2) is 7.12. The number of aromatic amines is 1. The van der Waals surface area contributed by atoms with E-state index in [-0.39, 0.29) is 30.2 Å². The number of hydrogen-bond donors (Lipinski definition) is 2. The zero-order chi connectivity index (χ0) is 13.8. The smallest absolute Gasteiger partial charge is 0.154 e. The molecule has 1 atom stereocenters. The molecule has 0 saturated heterocycles. The van der Waals surface area contributed by atoms with Gasteiger partial charge in [-0.15, -0.1) is 12.4 Å². The molecule has 0 spiro atoms. The molecule has 0 aliphatic carbocycles. The number of imidazole rings is 1. The van der Waals surface area contributed by atoms with E-state index in [1.807, 2.05) is 0 Å². The molecular weight excluding hydrogens is 288 g/mol. The second-order valence-electron chi connectivity index (χ2n) is 4.27. The Morgan fingerprint density at radius 2 is 2.15 bits per heavy atom. The summed E-state index contributed by atoms with van der Waals surface area (Å²) in [7, 11) is 0. The van der Waals surface area contributed by atoms with Crippen molar-refractivity contribution in [2.45, 2.75) is 18.9 Å². The quantitative estimate of drug-likeness (QED) is 0.884. The molecule has 20 heavy (non-hydrogen) atoms. The first-order valence-corrected chi connectivity index (χ1v) is 5.75. The topological polar surface area (TPSA) is 71.8 Å². The van der Waals surface area contributed by atoms with Crippen molar-refractivity contribution >= 4 is 18.2 Å². The molecule has 0 aliphatic rings. The van der Waals surface area contributed by atoms with Crippen molar-refractivity contribution < 1.29 is 13.6 Å². The average Bonchev–Trinajstić information content (AvgIpc) is 2.85. The minimum atomic E-state index is -0.745. The van der Waals surface area contributed by atoms with Crippen LogP contribution in [0.15, 0.2) is 30.7 Å². The minimum Gasteiger partial charge on any atom is -0.348 e. The molecule has 0 amide bonds. The van der Waals surface area contributed by atoms with E-state index in [0.717, 1.165) is 17.8 Å². The highest BCUT2D eigenvalue weighted by molar-refractivity contribution is 5.86. The maximum Gasteiger partial charge on any atom is 0.154 e. The summed E-state index contributed by atoms with van der Waals surface area (Å²) in [6.07, 6.45) is 3.22. The van der Waals surface area contributed by atoms with Gasteiger partial charge in [0.25, 0.3) is 0 Å². The summed E-state index contributed by atoms with van der Waals surface area (Å²) < 4.78 is 26.1. The molecule has 0 fully saturated rings. The number of ketones is 1. The summed E-state index contributed by atoms with van der Waals surface area (Å²) in [5.41, 5.74) is 6.62. The van der Waals surface area contributed by atoms with Crippen LogP contribution in [0.3, 0.4) is 0 Å². The maximum absolute atomic E-state index is 13.4. The lowest BCUT2D eigenvalue weighted by molar-refractivity contribution is -0.119. The lowest BCUT2D eigenvalue weighted by atomic mass is 10.0. The number of hydrogen-bond acceptors (Lipinski definition) is 3. The van der Waals surface area contributed by atoms with Crippen LogP contribution < -0.4 is 5.73 Å². The van der Waals surface area contributed by atoms with Gasteiger partial charge in [-0.25, -0.2) is 13.8 Å². The van der Waals surface area contributed by atoms with Gasteiger partial charge in [-0.05, 0) is 11.6 Å². The number of carbonyl (C=O) groups excluding carboxylic acids is 1. The fourth-order valence-corrected chi connectivity index (χ4v) is 1.73. The van der Waals surface area contributed by atoms with Gasteiger partial charge in [0.05, 0.1) is 12.4 Å². The van der Waals surface area contributed by atoms with Crippen molar-refractivity contribution in [3.8, 4) is 0 Å². The highest BCUT2D eigenvalue weighted by Crippen LogP contribution is 2.11. The Labute approximate surface area is 120 Å². The summed E-state index contributed by atoms with van der Waals surface area (Å²) in [6.45, 7) is 0. The van der Waals surface area contributed by atoms with Gasteiger partial charge in [-0.2, -0.15) is 0 Å². The van der Waals surface area contributed by atoms with Crippen LogP contribution in [0.1, 0.15) is 11.3 Å². The first-order chi connectivity index (χ1) is 9.06. The highest BCUT2D eigenvalue weighted by Gasteiger charge is 2.17. The molecule has 0 aliphatic heterocycles. The fourth-order valence-electron chi connectivity index (χ4n) is 1.73. The van der Waals surface area contributed by atoms with Crippen LogP contribution in [0.25, 0.3) is 0 Å². The first-order valence-electron chi connectivity index (χ1n) is 5.75. The van der Waals surface area contributed by atoms with Gasteiger partial charge in [0.2, 0.25) is 0 Å². The van der Waals surface area contributed by atoms with Crippen molar-refractivity contribution in [3.63, 3.8) is 0 Å². The first kappa shape index (κ1) is 16.3. The van der Waals surface area contributed by atoms with E-state index < -0.39 is 17.7 Å². The Kier molecular flexibility index (Phi) is 5.79. The number of benzene rings is 1. The van der Waals surface area contributed by atoms with E-state index in [1.54, 1.807) is 6.20 Å². The second-order valence-corrected chi connectivity index (χ2v) is 4.27. The monoisotopic (exact) mass is 301 g/mol. The SMILES string of the molecule is Cl.N[C@@H](Cc1cnc[nH]1)C(=O)Cc1ccc(F)cc1F. The number of Topliss-reactive ketones (excluding diaryl/α,β-unsaturated/α-hetero) is 1. The lowest BCUT2D eigenvalue weighted by Crippen LogP contribution is -2.34. The number of nitrogens with two attached hydrogens (primary N) is 1. The van der Waals surface area contributed by atoms with Crippen LogP contribution in [0.2, 0.25) is 0 Å². The number of rotatable bonds is 5. The van der Waals surface area contributed by atoms with Gasteiger partial charge in [0.15, 0.2) is 5.78 Å². The van der Waals surface area contributed by atoms with Crippen molar-refractivity contribution in [2.75, 3.05) is 0 Å². The summed E-state index contributed by atoms with van der Waals surface area (Å²) in [6, 6.07) is 2.38. The molecule has 2 rings (SSSR count). The van der Waals surface area contributed by atoms with Crippen LogP contribution in [-0.4, -0.2) is 21.8 Å². The Balaban J connectivity index is 0.00000200. The summed E-state index contributed by atoms with van der Waals surface area (Å²) in [5, 5.41) is 0. The van der Waals surface area contributed by atoms with Crippen molar-refractivity contribution in [2.24, 2.45) is 5.73 Å². The van der Waals surface area contributed by atoms with Crippen LogP contribution in [0.5, 0.6) is 0 Å². The molecule has 1 aromatic heterocycles. The standard InChI is InChI=1S/C13H13F2N3O.ClH/c14-9-2-1-8(11(15)4-9)3-13(19)12(16)5-10-6-17-7-18-10;/h1-2,4,6-7,12H,3,5,16H2,(H,17,18);1H/t12-;/m0./s1. The van der Waals surface area contributed by atoms with Gasteiger partial charge in [0.1, 0.15) is 11.6 Å². The maximum atomic E-state index is 13.4. The molecule has 2 aromatic rings. The molecule has 108 valence electrons. The van der Waals surface area contributed by atoms with Gasteiger partial charge in [0, 0.05) is 30.8 Å². The van der Waals surface area contributed by atoms with Crippen LogP contribution in [-0.2, 0) is 17.6 Å². The molecule has 0 radical (unpaired) electrons. The van der Waals surface area contributed by atoms with Crippen LogP contribution in [0, 0.1) is 11.6 Å². The fraction of sp³-hybridized carbons (Fsp3) is 0.231. The van der Waals surface area contributed by atoms with E-state index in [0.29, 0.717) is 6.42 Å². The van der Waals surface area contributed by atoms with Gasteiger partial charge < -0.3 is 10.7 Å². The third-order valence-corrected chi connectivity index (χ3v) is 2.79. The van der Waals surface area contributed by atoms with Crippen molar-refractivity contribution in [1.82, 2.24) is 9.97 Å². The molecule has 7 heteroatoms. The zero-order valence-corrected chi connectivity index (χ0v) is 11.3. The Morgan fingerprint density at radius 1 is 1.40 bits per heavy atom. The van der Waals surface area contributed by atoms with Crippen LogP contribution >= 0.6 is 12.4 Å². The number of aromatic nitrogens is 2. The molecule has 1 aromatic carbocycles.